The molecule has 3 aliphatic heterocycles. The SMILES string of the molecule is O=C(CC1OC(CNS(=O)(=O)C2CCC(Cl)CC2)C(O)C1O)N1CCN(C2CCCC[NH2+]2)CC1. The highest BCUT2D eigenvalue weighted by Crippen LogP contribution is 2.28. The van der Waals surface area contributed by atoms with Crippen LogP contribution in [-0.2, 0) is 19.6 Å². The van der Waals surface area contributed by atoms with Crippen LogP contribution in [0, 0.1) is 0 Å². The van der Waals surface area contributed by atoms with Crippen molar-refractivity contribution >= 4 is 27.5 Å². The lowest BCUT2D eigenvalue weighted by Gasteiger charge is -2.39. The van der Waals surface area contributed by atoms with Crippen molar-refractivity contribution in [3.63, 3.8) is 0 Å². The van der Waals surface area contributed by atoms with E-state index in [-0.39, 0.29) is 24.2 Å². The fraction of sp³-hybridized carbons (Fsp3) is 0.955. The number of rotatable bonds is 7. The molecule has 5 unspecified atom stereocenters. The number of nitrogens with two attached hydrogens (primary N) is 1. The molecule has 196 valence electrons. The number of amides is 1. The second-order valence-electron chi connectivity index (χ2n) is 10.2. The predicted octanol–water partition coefficient (Wildman–Crippen LogP) is -1.45. The number of halogens is 1. The number of piperidine rings is 1. The van der Waals surface area contributed by atoms with Crippen LogP contribution in [0.3, 0.4) is 0 Å². The summed E-state index contributed by atoms with van der Waals surface area (Å²) in [6, 6.07) is 0. The molecular weight excluding hydrogens is 484 g/mol. The number of ether oxygens (including phenoxy) is 1. The van der Waals surface area contributed by atoms with Gasteiger partial charge in [-0.05, 0) is 38.5 Å². The van der Waals surface area contributed by atoms with E-state index in [1.807, 2.05) is 0 Å². The molecule has 4 rings (SSSR count). The fourth-order valence-corrected chi connectivity index (χ4v) is 7.45. The van der Waals surface area contributed by atoms with E-state index in [0.717, 1.165) is 19.6 Å². The zero-order chi connectivity index (χ0) is 24.3. The minimum absolute atomic E-state index is 0.0217. The second-order valence-corrected chi connectivity index (χ2v) is 12.8. The maximum absolute atomic E-state index is 12.9. The lowest BCUT2D eigenvalue weighted by Crippen LogP contribution is -2.95. The first-order valence-corrected chi connectivity index (χ1v) is 14.7. The Morgan fingerprint density at radius 1 is 1.00 bits per heavy atom. The van der Waals surface area contributed by atoms with Gasteiger partial charge < -0.3 is 25.2 Å². The number of aliphatic hydroxyl groups excluding tert-OH is 2. The molecule has 0 aromatic carbocycles. The third kappa shape index (κ3) is 6.42. The van der Waals surface area contributed by atoms with E-state index < -0.39 is 39.7 Å². The number of carbonyl (C=O) groups is 1. The minimum Gasteiger partial charge on any atom is -0.388 e. The maximum Gasteiger partial charge on any atom is 0.225 e. The molecule has 0 bridgehead atoms. The highest BCUT2D eigenvalue weighted by atomic mass is 35.5. The molecule has 0 aromatic rings. The number of nitrogens with one attached hydrogen (secondary N) is 1. The molecule has 12 heteroatoms. The summed E-state index contributed by atoms with van der Waals surface area (Å²) in [6.07, 6.45) is 2.28. The van der Waals surface area contributed by atoms with Gasteiger partial charge in [0.2, 0.25) is 15.9 Å². The van der Waals surface area contributed by atoms with Gasteiger partial charge in [-0.3, -0.25) is 9.69 Å². The molecule has 1 saturated carbocycles. The number of aliphatic hydroxyl groups is 2. The Bertz CT molecular complexity index is 782. The molecule has 0 spiro atoms. The lowest BCUT2D eigenvalue weighted by atomic mass is 10.00. The molecule has 3 saturated heterocycles. The second kappa shape index (κ2) is 11.7. The summed E-state index contributed by atoms with van der Waals surface area (Å²) in [5.74, 6) is -0.109. The number of quaternary nitrogens is 1. The number of carbonyl (C=O) groups excluding carboxylic acids is 1. The van der Waals surface area contributed by atoms with Gasteiger partial charge >= 0.3 is 0 Å². The fourth-order valence-electron chi connectivity index (χ4n) is 5.67. The lowest BCUT2D eigenvalue weighted by molar-refractivity contribution is -0.717. The van der Waals surface area contributed by atoms with E-state index in [9.17, 15) is 23.4 Å². The third-order valence-corrected chi connectivity index (χ3v) is 10.2. The highest BCUT2D eigenvalue weighted by Gasteiger charge is 2.44. The molecule has 1 amide bonds. The van der Waals surface area contributed by atoms with Crippen molar-refractivity contribution in [2.24, 2.45) is 0 Å². The number of nitrogens with zero attached hydrogens (tertiary/aromatic N) is 2. The van der Waals surface area contributed by atoms with Gasteiger partial charge in [0.05, 0.1) is 24.3 Å². The van der Waals surface area contributed by atoms with Crippen LogP contribution in [0.2, 0.25) is 0 Å². The highest BCUT2D eigenvalue weighted by molar-refractivity contribution is 7.90. The van der Waals surface area contributed by atoms with Gasteiger partial charge in [0.1, 0.15) is 24.5 Å². The number of alkyl halides is 1. The molecule has 5 atom stereocenters. The summed E-state index contributed by atoms with van der Waals surface area (Å²) in [6.45, 7) is 3.97. The Kier molecular flexibility index (Phi) is 9.11. The van der Waals surface area contributed by atoms with Gasteiger partial charge in [-0.25, -0.2) is 13.1 Å². The molecule has 0 radical (unpaired) electrons. The van der Waals surface area contributed by atoms with Crippen molar-refractivity contribution in [1.82, 2.24) is 14.5 Å². The van der Waals surface area contributed by atoms with E-state index in [2.05, 4.69) is 14.9 Å². The van der Waals surface area contributed by atoms with Crippen molar-refractivity contribution in [2.75, 3.05) is 39.3 Å². The van der Waals surface area contributed by atoms with Gasteiger partial charge in [-0.1, -0.05) is 0 Å². The molecule has 4 aliphatic rings. The molecule has 0 aromatic heterocycles. The van der Waals surface area contributed by atoms with E-state index in [0.29, 0.717) is 44.9 Å². The van der Waals surface area contributed by atoms with E-state index in [1.54, 1.807) is 4.90 Å². The van der Waals surface area contributed by atoms with Crippen LogP contribution >= 0.6 is 11.6 Å². The summed E-state index contributed by atoms with van der Waals surface area (Å²) >= 11 is 6.07. The molecular formula is C22H40ClN4O6S+. The molecule has 5 N–H and O–H groups in total. The first kappa shape index (κ1) is 26.5. The summed E-state index contributed by atoms with van der Waals surface area (Å²) < 4.78 is 33.5. The Morgan fingerprint density at radius 3 is 2.32 bits per heavy atom. The van der Waals surface area contributed by atoms with Crippen molar-refractivity contribution in [1.29, 1.82) is 0 Å². The van der Waals surface area contributed by atoms with Gasteiger partial charge in [0, 0.05) is 44.5 Å². The molecule has 3 heterocycles. The van der Waals surface area contributed by atoms with Crippen LogP contribution in [-0.4, -0.2) is 115 Å². The normalized spacial score (nSPS) is 38.2. The van der Waals surface area contributed by atoms with E-state index >= 15 is 0 Å². The van der Waals surface area contributed by atoms with E-state index in [1.165, 1.54) is 19.3 Å². The predicted molar refractivity (Wildman–Crippen MR) is 127 cm³/mol. The Balaban J connectivity index is 1.22. The first-order chi connectivity index (χ1) is 16.2. The quantitative estimate of drug-likeness (QED) is 0.300. The Hall–Kier alpha value is -0.530. The van der Waals surface area contributed by atoms with Crippen LogP contribution in [0.4, 0.5) is 0 Å². The van der Waals surface area contributed by atoms with Crippen molar-refractivity contribution in [2.45, 2.75) is 92.6 Å². The van der Waals surface area contributed by atoms with Crippen LogP contribution in [0.5, 0.6) is 0 Å². The first-order valence-electron chi connectivity index (χ1n) is 12.7. The molecule has 4 fully saturated rings. The maximum atomic E-state index is 12.9. The molecule has 10 nitrogen and oxygen atoms in total. The molecule has 34 heavy (non-hydrogen) atoms. The average Bonchev–Trinajstić information content (AvgIpc) is 3.11. The van der Waals surface area contributed by atoms with Gasteiger partial charge in [-0.2, -0.15) is 0 Å². The Labute approximate surface area is 207 Å². The number of hydrogen-bond donors (Lipinski definition) is 4. The van der Waals surface area contributed by atoms with Gasteiger partial charge in [0.25, 0.3) is 0 Å². The van der Waals surface area contributed by atoms with Crippen LogP contribution < -0.4 is 10.0 Å². The topological polar surface area (TPSA) is 136 Å². The van der Waals surface area contributed by atoms with Crippen molar-refractivity contribution < 1.29 is 33.5 Å². The van der Waals surface area contributed by atoms with Crippen LogP contribution in [0.25, 0.3) is 0 Å². The number of hydrogen-bond acceptors (Lipinski definition) is 7. The van der Waals surface area contributed by atoms with Crippen LogP contribution in [0.15, 0.2) is 0 Å². The smallest absolute Gasteiger partial charge is 0.225 e. The third-order valence-electron chi connectivity index (χ3n) is 7.89. The zero-order valence-corrected chi connectivity index (χ0v) is 21.3. The number of piperazine rings is 1. The monoisotopic (exact) mass is 523 g/mol. The average molecular weight is 524 g/mol. The summed E-state index contributed by atoms with van der Waals surface area (Å²) in [4.78, 5) is 17.1. The van der Waals surface area contributed by atoms with Crippen molar-refractivity contribution in [3.8, 4) is 0 Å². The standard InChI is InChI=1S/C22H39ClN4O6S/c23-15-4-6-16(7-5-15)34(31,32)25-14-18-22(30)21(29)17(33-18)13-20(28)27-11-9-26(10-12-27)19-3-1-2-8-24-19/h15-19,21-22,24-25,29-30H,1-14H2/p+1. The zero-order valence-electron chi connectivity index (χ0n) is 19.7. The minimum atomic E-state index is -3.57. The largest absolute Gasteiger partial charge is 0.388 e. The van der Waals surface area contributed by atoms with Crippen molar-refractivity contribution in [3.05, 3.63) is 0 Å². The van der Waals surface area contributed by atoms with Gasteiger partial charge in [0.15, 0.2) is 0 Å². The summed E-state index contributed by atoms with van der Waals surface area (Å²) in [5.41, 5.74) is 0. The van der Waals surface area contributed by atoms with Gasteiger partial charge in [-0.15, -0.1) is 11.6 Å². The van der Waals surface area contributed by atoms with E-state index in [4.69, 9.17) is 16.3 Å². The Morgan fingerprint density at radius 2 is 1.68 bits per heavy atom. The molecule has 1 aliphatic carbocycles. The summed E-state index contributed by atoms with van der Waals surface area (Å²) in [5, 5.41) is 22.8. The number of sulfonamides is 1. The summed E-state index contributed by atoms with van der Waals surface area (Å²) in [7, 11) is -3.57. The van der Waals surface area contributed by atoms with Crippen LogP contribution in [0.1, 0.15) is 51.4 Å².